The Morgan fingerprint density at radius 1 is 1.17 bits per heavy atom. The number of hydrogen-bond acceptors (Lipinski definition) is 3. The van der Waals surface area contributed by atoms with Crippen LogP contribution in [0.5, 0.6) is 5.75 Å². The van der Waals surface area contributed by atoms with Crippen molar-refractivity contribution in [3.8, 4) is 5.75 Å². The molecular weight excluding hydrogens is 359 g/mol. The van der Waals surface area contributed by atoms with Gasteiger partial charge in [-0.25, -0.2) is 0 Å². The smallest absolute Gasteiger partial charge is 0.242 e. The largest absolute Gasteiger partial charge is 0.544 e. The van der Waals surface area contributed by atoms with Crippen LogP contribution in [0, 0.1) is 0 Å². The number of piperazine rings is 1. The molecule has 0 radical (unpaired) electrons. The van der Waals surface area contributed by atoms with E-state index in [0.717, 1.165) is 44.8 Å². The monoisotopic (exact) mass is 390 g/mol. The summed E-state index contributed by atoms with van der Waals surface area (Å²) in [7, 11) is -1.53. The maximum Gasteiger partial charge on any atom is 0.242 e. The van der Waals surface area contributed by atoms with Gasteiger partial charge in [-0.1, -0.05) is 18.2 Å². The van der Waals surface area contributed by atoms with Crippen LogP contribution >= 0.6 is 24.8 Å². The average Bonchev–Trinajstić information content (AvgIpc) is 2.49. The van der Waals surface area contributed by atoms with E-state index in [2.05, 4.69) is 60.7 Å². The van der Waals surface area contributed by atoms with Gasteiger partial charge in [-0.3, -0.25) is 4.90 Å². The molecule has 0 amide bonds. The lowest BCUT2D eigenvalue weighted by Crippen LogP contribution is -2.45. The fraction of sp³-hybridized carbons (Fsp3) is 0.556. The molecule has 1 aliphatic rings. The first kappa shape index (κ1) is 23.5. The van der Waals surface area contributed by atoms with Crippen LogP contribution in [0.15, 0.2) is 36.9 Å². The molecule has 6 heteroatoms. The van der Waals surface area contributed by atoms with E-state index < -0.39 is 8.32 Å². The summed E-state index contributed by atoms with van der Waals surface area (Å²) in [5.41, 5.74) is 1.40. The average molecular weight is 391 g/mol. The van der Waals surface area contributed by atoms with Crippen LogP contribution in [0.3, 0.4) is 0 Å². The van der Waals surface area contributed by atoms with Gasteiger partial charge < -0.3 is 9.74 Å². The lowest BCUT2D eigenvalue weighted by atomic mass is 9.99. The standard InChI is InChI=1S/C18H30N2OSi.2ClH/c1-5-6-7-18(20-14-12-19-13-15-20)16-8-10-17(11-9-16)21-22(2,3)4;;/h5,8-11,18-19H,1,6-7,12-15H2,2-4H3;2*1H/t18-;;/m0../s1. The summed E-state index contributed by atoms with van der Waals surface area (Å²) in [6, 6.07) is 9.24. The van der Waals surface area contributed by atoms with E-state index in [-0.39, 0.29) is 24.8 Å². The van der Waals surface area contributed by atoms with Crippen LogP contribution in [0.4, 0.5) is 0 Å². The number of benzene rings is 1. The maximum absolute atomic E-state index is 6.06. The van der Waals surface area contributed by atoms with Gasteiger partial charge in [0.15, 0.2) is 0 Å². The van der Waals surface area contributed by atoms with Gasteiger partial charge in [0.05, 0.1) is 0 Å². The second kappa shape index (κ2) is 11.2. The van der Waals surface area contributed by atoms with Crippen molar-refractivity contribution in [3.63, 3.8) is 0 Å². The number of allylic oxidation sites excluding steroid dienone is 1. The van der Waals surface area contributed by atoms with Crippen LogP contribution in [0.25, 0.3) is 0 Å². The molecule has 1 fully saturated rings. The molecule has 24 heavy (non-hydrogen) atoms. The Bertz CT molecular complexity index is 471. The van der Waals surface area contributed by atoms with Crippen LogP contribution in [0.2, 0.25) is 19.6 Å². The molecule has 0 unspecified atom stereocenters. The van der Waals surface area contributed by atoms with Crippen molar-refractivity contribution < 1.29 is 4.43 Å². The second-order valence-corrected chi connectivity index (χ2v) is 11.4. The highest BCUT2D eigenvalue weighted by molar-refractivity contribution is 6.70. The minimum Gasteiger partial charge on any atom is -0.544 e. The van der Waals surface area contributed by atoms with Crippen molar-refractivity contribution >= 4 is 33.1 Å². The fourth-order valence-corrected chi connectivity index (χ4v) is 3.78. The Kier molecular flexibility index (Phi) is 10.9. The van der Waals surface area contributed by atoms with Crippen molar-refractivity contribution in [3.05, 3.63) is 42.5 Å². The van der Waals surface area contributed by atoms with Gasteiger partial charge in [0, 0.05) is 32.2 Å². The zero-order valence-electron chi connectivity index (χ0n) is 15.1. The van der Waals surface area contributed by atoms with Crippen molar-refractivity contribution in [2.45, 2.75) is 38.5 Å². The highest BCUT2D eigenvalue weighted by Crippen LogP contribution is 2.28. The summed E-state index contributed by atoms with van der Waals surface area (Å²) in [5.74, 6) is 1.01. The van der Waals surface area contributed by atoms with Crippen molar-refractivity contribution in [2.24, 2.45) is 0 Å². The summed E-state index contributed by atoms with van der Waals surface area (Å²) in [5, 5.41) is 3.43. The summed E-state index contributed by atoms with van der Waals surface area (Å²) >= 11 is 0. The predicted molar refractivity (Wildman–Crippen MR) is 112 cm³/mol. The minimum atomic E-state index is -1.53. The van der Waals surface area contributed by atoms with E-state index in [1.54, 1.807) is 0 Å². The quantitative estimate of drug-likeness (QED) is 0.541. The molecule has 1 aliphatic heterocycles. The van der Waals surface area contributed by atoms with Gasteiger partial charge in [0.2, 0.25) is 8.32 Å². The van der Waals surface area contributed by atoms with Crippen LogP contribution in [0.1, 0.15) is 24.4 Å². The maximum atomic E-state index is 6.06. The van der Waals surface area contributed by atoms with Gasteiger partial charge in [-0.2, -0.15) is 0 Å². The van der Waals surface area contributed by atoms with Gasteiger partial charge in [-0.15, -0.1) is 31.4 Å². The normalized spacial score (nSPS) is 16.5. The van der Waals surface area contributed by atoms with Gasteiger partial charge >= 0.3 is 0 Å². The zero-order chi connectivity index (χ0) is 16.0. The van der Waals surface area contributed by atoms with Gasteiger partial charge in [0.1, 0.15) is 5.75 Å². The molecule has 2 rings (SSSR count). The van der Waals surface area contributed by atoms with Crippen molar-refractivity contribution in [1.29, 1.82) is 0 Å². The molecule has 138 valence electrons. The second-order valence-electron chi connectivity index (χ2n) is 6.95. The van der Waals surface area contributed by atoms with Crippen molar-refractivity contribution in [2.75, 3.05) is 26.2 Å². The van der Waals surface area contributed by atoms with Gasteiger partial charge in [-0.05, 0) is 50.2 Å². The number of halogens is 2. The predicted octanol–water partition coefficient (Wildman–Crippen LogP) is 4.66. The molecule has 1 N–H and O–H groups in total. The molecular formula is C18H32Cl2N2OSi. The Balaban J connectivity index is 0.00000264. The topological polar surface area (TPSA) is 24.5 Å². The molecule has 0 saturated carbocycles. The lowest BCUT2D eigenvalue weighted by molar-refractivity contribution is 0.166. The molecule has 1 heterocycles. The fourth-order valence-electron chi connectivity index (χ4n) is 2.94. The molecule has 0 bridgehead atoms. The van der Waals surface area contributed by atoms with E-state index >= 15 is 0 Å². The van der Waals surface area contributed by atoms with E-state index in [0.29, 0.717) is 6.04 Å². The SMILES string of the molecule is C=CCC[C@@H](c1ccc(O[Si](C)(C)C)cc1)N1CCNCC1.Cl.Cl. The molecule has 1 aromatic rings. The third-order valence-electron chi connectivity index (χ3n) is 3.93. The third kappa shape index (κ3) is 7.58. The molecule has 1 atom stereocenters. The summed E-state index contributed by atoms with van der Waals surface area (Å²) in [4.78, 5) is 2.59. The number of hydrogen-bond donors (Lipinski definition) is 1. The zero-order valence-corrected chi connectivity index (χ0v) is 17.7. The molecule has 0 aromatic heterocycles. The Labute approximate surface area is 160 Å². The molecule has 1 aromatic carbocycles. The highest BCUT2D eigenvalue weighted by Gasteiger charge is 2.22. The van der Waals surface area contributed by atoms with E-state index in [9.17, 15) is 0 Å². The van der Waals surface area contributed by atoms with Crippen LogP contribution in [-0.4, -0.2) is 39.4 Å². The Morgan fingerprint density at radius 3 is 2.25 bits per heavy atom. The van der Waals surface area contributed by atoms with Crippen molar-refractivity contribution in [1.82, 2.24) is 10.2 Å². The van der Waals surface area contributed by atoms with Gasteiger partial charge in [0.25, 0.3) is 0 Å². The summed E-state index contributed by atoms with van der Waals surface area (Å²) in [6.45, 7) is 14.9. The molecule has 1 saturated heterocycles. The molecule has 0 spiro atoms. The number of rotatable bonds is 7. The van der Waals surface area contributed by atoms with Crippen LogP contribution in [-0.2, 0) is 0 Å². The van der Waals surface area contributed by atoms with E-state index in [1.807, 2.05) is 6.08 Å². The minimum absolute atomic E-state index is 0. The number of nitrogens with zero attached hydrogens (tertiary/aromatic N) is 1. The molecule has 0 aliphatic carbocycles. The number of nitrogens with one attached hydrogen (secondary N) is 1. The van der Waals surface area contributed by atoms with Crippen LogP contribution < -0.4 is 9.74 Å². The van der Waals surface area contributed by atoms with E-state index in [4.69, 9.17) is 4.43 Å². The summed E-state index contributed by atoms with van der Waals surface area (Å²) in [6.07, 6.45) is 4.22. The van der Waals surface area contributed by atoms with E-state index in [1.165, 1.54) is 5.56 Å². The Hall–Kier alpha value is -0.523. The first-order valence-electron chi connectivity index (χ1n) is 8.34. The first-order chi connectivity index (χ1) is 10.5. The lowest BCUT2D eigenvalue weighted by Gasteiger charge is -2.35. The summed E-state index contributed by atoms with van der Waals surface area (Å²) < 4.78 is 6.06. The first-order valence-corrected chi connectivity index (χ1v) is 11.7. The third-order valence-corrected chi connectivity index (χ3v) is 4.77. The molecule has 3 nitrogen and oxygen atoms in total. The Morgan fingerprint density at radius 2 is 1.75 bits per heavy atom. The highest BCUT2D eigenvalue weighted by atomic mass is 35.5.